The highest BCUT2D eigenvalue weighted by atomic mass is 79.9. The van der Waals surface area contributed by atoms with Crippen LogP contribution in [0.25, 0.3) is 10.4 Å². The Labute approximate surface area is 125 Å². The number of carbonyl (C=O) groups is 1. The van der Waals surface area contributed by atoms with Gasteiger partial charge in [-0.15, -0.1) is 11.3 Å². The first-order valence-corrected chi connectivity index (χ1v) is 7.44. The van der Waals surface area contributed by atoms with Gasteiger partial charge in [0.2, 0.25) is 0 Å². The van der Waals surface area contributed by atoms with E-state index in [1.807, 2.05) is 25.1 Å². The van der Waals surface area contributed by atoms with Gasteiger partial charge in [-0.25, -0.2) is 9.78 Å². The number of rotatable bonds is 2. The second-order valence-electron chi connectivity index (χ2n) is 3.62. The number of esters is 1. The van der Waals surface area contributed by atoms with Gasteiger partial charge in [0.1, 0.15) is 0 Å². The van der Waals surface area contributed by atoms with Gasteiger partial charge in [0, 0.05) is 10.0 Å². The Hall–Kier alpha value is -0.720. The topological polar surface area (TPSA) is 39.2 Å². The average Bonchev–Trinajstić information content (AvgIpc) is 2.70. The van der Waals surface area contributed by atoms with Crippen molar-refractivity contribution in [2.24, 2.45) is 0 Å². The summed E-state index contributed by atoms with van der Waals surface area (Å²) in [4.78, 5) is 16.6. The van der Waals surface area contributed by atoms with Crippen molar-refractivity contribution in [1.29, 1.82) is 0 Å². The van der Waals surface area contributed by atoms with Crippen LogP contribution < -0.4 is 0 Å². The lowest BCUT2D eigenvalue weighted by molar-refractivity contribution is 0.0595. The summed E-state index contributed by atoms with van der Waals surface area (Å²) >= 11 is 8.22. The Bertz CT molecular complexity index is 610. The Kier molecular flexibility index (Phi) is 4.19. The monoisotopic (exact) mass is 389 g/mol. The lowest BCUT2D eigenvalue weighted by atomic mass is 10.1. The van der Waals surface area contributed by atoms with Crippen LogP contribution in [-0.2, 0) is 4.74 Å². The first-order valence-electron chi connectivity index (χ1n) is 5.04. The lowest BCUT2D eigenvalue weighted by Gasteiger charge is -2.04. The van der Waals surface area contributed by atoms with Crippen LogP contribution in [0.3, 0.4) is 0 Å². The average molecular weight is 391 g/mol. The minimum absolute atomic E-state index is 0.332. The molecule has 6 heteroatoms. The third-order valence-corrected chi connectivity index (χ3v) is 4.55. The molecule has 0 saturated heterocycles. The maximum Gasteiger partial charge on any atom is 0.358 e. The molecule has 1 heterocycles. The molecule has 1 aromatic carbocycles. The minimum atomic E-state index is -0.431. The summed E-state index contributed by atoms with van der Waals surface area (Å²) in [5.41, 5.74) is 2.41. The van der Waals surface area contributed by atoms with E-state index < -0.39 is 5.97 Å². The number of benzene rings is 1. The lowest BCUT2D eigenvalue weighted by Crippen LogP contribution is -2.03. The Morgan fingerprint density at radius 3 is 2.72 bits per heavy atom. The third-order valence-electron chi connectivity index (χ3n) is 2.35. The van der Waals surface area contributed by atoms with E-state index in [2.05, 4.69) is 36.8 Å². The largest absolute Gasteiger partial charge is 0.464 e. The standard InChI is InChI=1S/C12H9Br2NO2S/c1-6-3-4-7(8(13)5-6)10-9(11(16)17-2)15-12(14)18-10/h3-5H,1-2H3. The second kappa shape index (κ2) is 5.50. The highest BCUT2D eigenvalue weighted by Crippen LogP contribution is 2.37. The molecule has 0 radical (unpaired) electrons. The van der Waals surface area contributed by atoms with Crippen molar-refractivity contribution < 1.29 is 9.53 Å². The van der Waals surface area contributed by atoms with E-state index >= 15 is 0 Å². The van der Waals surface area contributed by atoms with Crippen LogP contribution in [0.15, 0.2) is 26.6 Å². The van der Waals surface area contributed by atoms with Crippen LogP contribution in [0.1, 0.15) is 16.1 Å². The second-order valence-corrected chi connectivity index (χ2v) is 6.75. The number of nitrogens with zero attached hydrogens (tertiary/aromatic N) is 1. The fourth-order valence-electron chi connectivity index (χ4n) is 1.52. The smallest absolute Gasteiger partial charge is 0.358 e. The molecule has 2 aromatic rings. The maximum atomic E-state index is 11.7. The SMILES string of the molecule is COC(=O)c1nc(Br)sc1-c1ccc(C)cc1Br. The summed E-state index contributed by atoms with van der Waals surface area (Å²) < 4.78 is 6.34. The number of halogens is 2. The molecule has 18 heavy (non-hydrogen) atoms. The van der Waals surface area contributed by atoms with E-state index in [4.69, 9.17) is 4.74 Å². The molecule has 2 rings (SSSR count). The van der Waals surface area contributed by atoms with Crippen molar-refractivity contribution >= 4 is 49.2 Å². The number of aryl methyl sites for hydroxylation is 1. The molecule has 0 aliphatic rings. The van der Waals surface area contributed by atoms with Gasteiger partial charge >= 0.3 is 5.97 Å². The number of carbonyl (C=O) groups excluding carboxylic acids is 1. The van der Waals surface area contributed by atoms with Gasteiger partial charge in [-0.3, -0.25) is 0 Å². The highest BCUT2D eigenvalue weighted by Gasteiger charge is 2.20. The van der Waals surface area contributed by atoms with Crippen LogP contribution in [0.2, 0.25) is 0 Å². The zero-order valence-corrected chi connectivity index (χ0v) is 13.6. The van der Waals surface area contributed by atoms with Crippen molar-refractivity contribution in [3.8, 4) is 10.4 Å². The molecule has 0 N–H and O–H groups in total. The fourth-order valence-corrected chi connectivity index (χ4v) is 3.82. The molecule has 0 amide bonds. The van der Waals surface area contributed by atoms with Gasteiger partial charge in [0.15, 0.2) is 9.61 Å². The third kappa shape index (κ3) is 2.65. The number of hydrogen-bond donors (Lipinski definition) is 0. The molecule has 0 aliphatic carbocycles. The van der Waals surface area contributed by atoms with E-state index in [9.17, 15) is 4.79 Å². The molecule has 0 aliphatic heterocycles. The number of aromatic nitrogens is 1. The van der Waals surface area contributed by atoms with E-state index in [1.165, 1.54) is 18.4 Å². The number of thiazole rings is 1. The molecular weight excluding hydrogens is 382 g/mol. The van der Waals surface area contributed by atoms with Gasteiger partial charge in [-0.05, 0) is 34.5 Å². The van der Waals surface area contributed by atoms with Gasteiger partial charge in [-0.2, -0.15) is 0 Å². The molecule has 0 fully saturated rings. The Morgan fingerprint density at radius 2 is 2.11 bits per heavy atom. The van der Waals surface area contributed by atoms with Crippen molar-refractivity contribution in [2.75, 3.05) is 7.11 Å². The first kappa shape index (κ1) is 13.7. The Balaban J connectivity index is 2.60. The zero-order chi connectivity index (χ0) is 13.3. The van der Waals surface area contributed by atoms with E-state index in [1.54, 1.807) is 0 Å². The molecule has 3 nitrogen and oxygen atoms in total. The number of methoxy groups -OCH3 is 1. The quantitative estimate of drug-likeness (QED) is 0.712. The Morgan fingerprint density at radius 1 is 1.39 bits per heavy atom. The normalized spacial score (nSPS) is 10.4. The maximum absolute atomic E-state index is 11.7. The van der Waals surface area contributed by atoms with E-state index in [0.717, 1.165) is 20.5 Å². The molecule has 94 valence electrons. The van der Waals surface area contributed by atoms with E-state index in [0.29, 0.717) is 9.61 Å². The van der Waals surface area contributed by atoms with Gasteiger partial charge in [0.25, 0.3) is 0 Å². The first-order chi connectivity index (χ1) is 8.52. The summed E-state index contributed by atoms with van der Waals surface area (Å²) in [6, 6.07) is 5.96. The summed E-state index contributed by atoms with van der Waals surface area (Å²) in [6.07, 6.45) is 0. The molecular formula is C12H9Br2NO2S. The molecule has 0 unspecified atom stereocenters. The molecule has 0 saturated carbocycles. The van der Waals surface area contributed by atoms with Crippen molar-refractivity contribution in [3.05, 3.63) is 37.8 Å². The van der Waals surface area contributed by atoms with Gasteiger partial charge in [-0.1, -0.05) is 28.1 Å². The molecule has 0 bridgehead atoms. The molecule has 0 atom stereocenters. The summed E-state index contributed by atoms with van der Waals surface area (Å²) in [7, 11) is 1.35. The fraction of sp³-hybridized carbons (Fsp3) is 0.167. The van der Waals surface area contributed by atoms with Gasteiger partial charge in [0.05, 0.1) is 12.0 Å². The van der Waals surface area contributed by atoms with Gasteiger partial charge < -0.3 is 4.74 Å². The number of hydrogen-bond acceptors (Lipinski definition) is 4. The molecule has 1 aromatic heterocycles. The predicted molar refractivity (Wildman–Crippen MR) is 79.0 cm³/mol. The predicted octanol–water partition coefficient (Wildman–Crippen LogP) is 4.43. The van der Waals surface area contributed by atoms with Crippen molar-refractivity contribution in [1.82, 2.24) is 4.98 Å². The van der Waals surface area contributed by atoms with Crippen molar-refractivity contribution in [2.45, 2.75) is 6.92 Å². The number of ether oxygens (including phenoxy) is 1. The van der Waals surface area contributed by atoms with E-state index in [-0.39, 0.29) is 0 Å². The van der Waals surface area contributed by atoms with Crippen LogP contribution in [0, 0.1) is 6.92 Å². The summed E-state index contributed by atoms with van der Waals surface area (Å²) in [5, 5.41) is 0. The van der Waals surface area contributed by atoms with Crippen LogP contribution >= 0.6 is 43.2 Å². The van der Waals surface area contributed by atoms with Crippen LogP contribution in [0.5, 0.6) is 0 Å². The highest BCUT2D eigenvalue weighted by molar-refractivity contribution is 9.11. The van der Waals surface area contributed by atoms with Crippen molar-refractivity contribution in [3.63, 3.8) is 0 Å². The zero-order valence-electron chi connectivity index (χ0n) is 9.66. The van der Waals surface area contributed by atoms with Crippen LogP contribution in [0.4, 0.5) is 0 Å². The van der Waals surface area contributed by atoms with Crippen LogP contribution in [-0.4, -0.2) is 18.1 Å². The summed E-state index contributed by atoms with van der Waals surface area (Å²) in [5.74, 6) is -0.431. The minimum Gasteiger partial charge on any atom is -0.464 e. The summed E-state index contributed by atoms with van der Waals surface area (Å²) in [6.45, 7) is 2.01. The molecule has 0 spiro atoms.